The van der Waals surface area contributed by atoms with Gasteiger partial charge in [0.1, 0.15) is 0 Å². The zero-order valence-corrected chi connectivity index (χ0v) is 4.65. The Balaban J connectivity index is 3.17. The first-order valence-electron chi connectivity index (χ1n) is 2.38. The van der Waals surface area contributed by atoms with Crippen molar-refractivity contribution in [3.63, 3.8) is 0 Å². The van der Waals surface area contributed by atoms with E-state index in [1.165, 1.54) is 0 Å². The fraction of sp³-hybridized carbons (Fsp3) is 0.600. The lowest BCUT2D eigenvalue weighted by atomic mass is 10.2. The summed E-state index contributed by atoms with van der Waals surface area (Å²) in [5, 5.41) is 0. The van der Waals surface area contributed by atoms with Crippen molar-refractivity contribution in [1.29, 1.82) is 0 Å². The van der Waals surface area contributed by atoms with Gasteiger partial charge in [-0.3, -0.25) is 0 Å². The molecule has 0 aromatic rings. The van der Waals surface area contributed by atoms with Crippen LogP contribution in [0.3, 0.4) is 0 Å². The maximum atomic E-state index is 5.21. The van der Waals surface area contributed by atoms with Crippen molar-refractivity contribution in [2.24, 2.45) is 11.5 Å². The van der Waals surface area contributed by atoms with E-state index in [0.717, 1.165) is 12.0 Å². The van der Waals surface area contributed by atoms with Gasteiger partial charge in [-0.2, -0.15) is 0 Å². The van der Waals surface area contributed by atoms with Crippen molar-refractivity contribution >= 4 is 0 Å². The third-order valence-electron chi connectivity index (χ3n) is 0.823. The lowest BCUT2D eigenvalue weighted by molar-refractivity contribution is 0.945. The summed E-state index contributed by atoms with van der Waals surface area (Å²) in [6.45, 7) is 2.66. The molecule has 0 bridgehead atoms. The van der Waals surface area contributed by atoms with Gasteiger partial charge in [-0.15, -0.1) is 0 Å². The largest absolute Gasteiger partial charge is 0.405 e. The van der Waals surface area contributed by atoms with Gasteiger partial charge in [-0.25, -0.2) is 0 Å². The molecule has 0 aromatic heterocycles. The van der Waals surface area contributed by atoms with Crippen LogP contribution in [0.2, 0.25) is 0 Å². The van der Waals surface area contributed by atoms with Gasteiger partial charge in [0.05, 0.1) is 0 Å². The van der Waals surface area contributed by atoms with E-state index in [4.69, 9.17) is 11.5 Å². The minimum atomic E-state index is 0.694. The molecular formula is C5H12N2. The zero-order chi connectivity index (χ0) is 5.70. The maximum Gasteiger partial charge on any atom is -0.00394 e. The molecule has 4 N–H and O–H groups in total. The summed E-state index contributed by atoms with van der Waals surface area (Å²) in [5.41, 5.74) is 11.5. The molecule has 0 aliphatic rings. The van der Waals surface area contributed by atoms with Crippen LogP contribution in [-0.2, 0) is 0 Å². The summed E-state index contributed by atoms with van der Waals surface area (Å²) < 4.78 is 0. The van der Waals surface area contributed by atoms with Crippen LogP contribution in [0.1, 0.15) is 13.3 Å². The Hall–Kier alpha value is -0.500. The van der Waals surface area contributed by atoms with Crippen molar-refractivity contribution in [1.82, 2.24) is 0 Å². The maximum absolute atomic E-state index is 5.21. The van der Waals surface area contributed by atoms with Crippen LogP contribution in [-0.4, -0.2) is 6.54 Å². The molecule has 0 amide bonds. The van der Waals surface area contributed by atoms with E-state index in [2.05, 4.69) is 0 Å². The van der Waals surface area contributed by atoms with Crippen LogP contribution in [0.25, 0.3) is 0 Å². The molecule has 0 unspecified atom stereocenters. The molecule has 0 aliphatic carbocycles. The van der Waals surface area contributed by atoms with Crippen molar-refractivity contribution < 1.29 is 0 Å². The summed E-state index contributed by atoms with van der Waals surface area (Å²) in [4.78, 5) is 0. The normalized spacial score (nSPS) is 12.0. The molecule has 0 aliphatic heterocycles. The molecule has 0 heterocycles. The van der Waals surface area contributed by atoms with Gasteiger partial charge in [-0.05, 0) is 26.1 Å². The zero-order valence-electron chi connectivity index (χ0n) is 4.65. The molecule has 7 heavy (non-hydrogen) atoms. The first-order valence-corrected chi connectivity index (χ1v) is 2.38. The minimum absolute atomic E-state index is 0.694. The van der Waals surface area contributed by atoms with Crippen molar-refractivity contribution in [2.75, 3.05) is 6.54 Å². The number of rotatable bonds is 2. The summed E-state index contributed by atoms with van der Waals surface area (Å²) in [5.74, 6) is 0. The van der Waals surface area contributed by atoms with Gasteiger partial charge in [0, 0.05) is 0 Å². The van der Waals surface area contributed by atoms with E-state index in [1.54, 1.807) is 6.20 Å². The second kappa shape index (κ2) is 3.68. The average molecular weight is 100 g/mol. The topological polar surface area (TPSA) is 52.0 Å². The van der Waals surface area contributed by atoms with Gasteiger partial charge in [0.15, 0.2) is 0 Å². The molecule has 0 saturated carbocycles. The van der Waals surface area contributed by atoms with Crippen LogP contribution in [0.15, 0.2) is 11.8 Å². The monoisotopic (exact) mass is 100 g/mol. The first kappa shape index (κ1) is 6.50. The SMILES string of the molecule is C/C(=C\N)CCN. The Morgan fingerprint density at radius 3 is 2.43 bits per heavy atom. The quantitative estimate of drug-likeness (QED) is 0.520. The molecule has 0 rings (SSSR count). The molecule has 2 nitrogen and oxygen atoms in total. The summed E-state index contributed by atoms with van der Waals surface area (Å²) in [7, 11) is 0. The minimum Gasteiger partial charge on any atom is -0.405 e. The lowest BCUT2D eigenvalue weighted by Crippen LogP contribution is -1.99. The highest BCUT2D eigenvalue weighted by Crippen LogP contribution is 1.91. The highest BCUT2D eigenvalue weighted by Gasteiger charge is 1.80. The van der Waals surface area contributed by atoms with E-state index in [9.17, 15) is 0 Å². The second-order valence-corrected chi connectivity index (χ2v) is 1.55. The highest BCUT2D eigenvalue weighted by molar-refractivity contribution is 4.94. The Kier molecular flexibility index (Phi) is 3.42. The standard InChI is InChI=1S/C5H12N2/c1-5(4-7)2-3-6/h4H,2-3,6-7H2,1H3/b5-4+. The van der Waals surface area contributed by atoms with Crippen LogP contribution in [0.5, 0.6) is 0 Å². The number of hydrogen-bond donors (Lipinski definition) is 2. The Morgan fingerprint density at radius 2 is 2.29 bits per heavy atom. The predicted molar refractivity (Wildman–Crippen MR) is 31.6 cm³/mol. The Bertz CT molecular complexity index is 66.5. The fourth-order valence-corrected chi connectivity index (χ4v) is 0.311. The highest BCUT2D eigenvalue weighted by atomic mass is 14.5. The average Bonchev–Trinajstić information content (AvgIpc) is 1.68. The van der Waals surface area contributed by atoms with Crippen molar-refractivity contribution in [3.05, 3.63) is 11.8 Å². The van der Waals surface area contributed by atoms with E-state index in [0.29, 0.717) is 6.54 Å². The van der Waals surface area contributed by atoms with Crippen LogP contribution in [0.4, 0.5) is 0 Å². The molecule has 42 valence electrons. The predicted octanol–water partition coefficient (Wildman–Crippen LogP) is 0.198. The van der Waals surface area contributed by atoms with Gasteiger partial charge >= 0.3 is 0 Å². The van der Waals surface area contributed by atoms with Crippen LogP contribution in [0, 0.1) is 0 Å². The number of hydrogen-bond acceptors (Lipinski definition) is 2. The van der Waals surface area contributed by atoms with Gasteiger partial charge < -0.3 is 11.5 Å². The lowest BCUT2D eigenvalue weighted by Gasteiger charge is -1.91. The fourth-order valence-electron chi connectivity index (χ4n) is 0.311. The Morgan fingerprint density at radius 1 is 1.71 bits per heavy atom. The molecule has 0 saturated heterocycles. The van der Waals surface area contributed by atoms with Crippen LogP contribution >= 0.6 is 0 Å². The summed E-state index contributed by atoms with van der Waals surface area (Å²) >= 11 is 0. The van der Waals surface area contributed by atoms with E-state index in [1.807, 2.05) is 6.92 Å². The third kappa shape index (κ3) is 3.33. The van der Waals surface area contributed by atoms with E-state index in [-0.39, 0.29) is 0 Å². The van der Waals surface area contributed by atoms with Gasteiger partial charge in [0.25, 0.3) is 0 Å². The summed E-state index contributed by atoms with van der Waals surface area (Å²) in [6, 6.07) is 0. The van der Waals surface area contributed by atoms with Gasteiger partial charge in [0.2, 0.25) is 0 Å². The molecule has 0 spiro atoms. The molecule has 0 atom stereocenters. The van der Waals surface area contributed by atoms with Crippen molar-refractivity contribution in [2.45, 2.75) is 13.3 Å². The van der Waals surface area contributed by atoms with Gasteiger partial charge in [-0.1, -0.05) is 5.57 Å². The Labute approximate surface area is 44.2 Å². The molecule has 0 aromatic carbocycles. The smallest absolute Gasteiger partial charge is 0.00394 e. The summed E-state index contributed by atoms with van der Waals surface area (Å²) in [6.07, 6.45) is 2.50. The van der Waals surface area contributed by atoms with E-state index < -0.39 is 0 Å². The third-order valence-corrected chi connectivity index (χ3v) is 0.823. The van der Waals surface area contributed by atoms with E-state index >= 15 is 0 Å². The second-order valence-electron chi connectivity index (χ2n) is 1.55. The molecule has 0 fully saturated rings. The number of nitrogens with two attached hydrogens (primary N) is 2. The molecule has 2 heteroatoms. The van der Waals surface area contributed by atoms with Crippen LogP contribution < -0.4 is 11.5 Å². The molecule has 0 radical (unpaired) electrons. The first-order chi connectivity index (χ1) is 3.31. The van der Waals surface area contributed by atoms with Crippen molar-refractivity contribution in [3.8, 4) is 0 Å². The molecular weight excluding hydrogens is 88.1 g/mol.